The SMILES string of the molecule is CN(C)Cc1ccccc1CNCc1ccc(O)c(Br)c1. The normalized spacial score (nSPS) is 11.0. The molecular formula is C17H21BrN2O. The number of halogens is 1. The number of phenolic OH excluding ortho intramolecular Hbond substituents is 1. The van der Waals surface area contributed by atoms with Crippen LogP contribution in [0.15, 0.2) is 46.9 Å². The highest BCUT2D eigenvalue weighted by Crippen LogP contribution is 2.24. The van der Waals surface area contributed by atoms with Crippen LogP contribution in [-0.2, 0) is 19.6 Å². The predicted octanol–water partition coefficient (Wildman–Crippen LogP) is 3.51. The predicted molar refractivity (Wildman–Crippen MR) is 90.2 cm³/mol. The van der Waals surface area contributed by atoms with E-state index in [4.69, 9.17) is 0 Å². The molecule has 0 saturated heterocycles. The Hall–Kier alpha value is -1.36. The third-order valence-electron chi connectivity index (χ3n) is 3.26. The molecule has 0 amide bonds. The van der Waals surface area contributed by atoms with Gasteiger partial charge in [0.25, 0.3) is 0 Å². The number of rotatable bonds is 6. The molecule has 0 unspecified atom stereocenters. The highest BCUT2D eigenvalue weighted by atomic mass is 79.9. The number of hydrogen-bond acceptors (Lipinski definition) is 3. The van der Waals surface area contributed by atoms with E-state index in [-0.39, 0.29) is 5.75 Å². The maximum atomic E-state index is 9.50. The van der Waals surface area contributed by atoms with Gasteiger partial charge in [0.2, 0.25) is 0 Å². The number of aromatic hydroxyl groups is 1. The van der Waals surface area contributed by atoms with Gasteiger partial charge in [-0.25, -0.2) is 0 Å². The molecule has 0 aromatic heterocycles. The molecule has 21 heavy (non-hydrogen) atoms. The summed E-state index contributed by atoms with van der Waals surface area (Å²) in [6, 6.07) is 14.1. The van der Waals surface area contributed by atoms with Gasteiger partial charge in [0, 0.05) is 19.6 Å². The first kappa shape index (κ1) is 16.0. The third kappa shape index (κ3) is 4.84. The molecule has 0 heterocycles. The molecule has 112 valence electrons. The Labute approximate surface area is 134 Å². The van der Waals surface area contributed by atoms with Crippen molar-refractivity contribution >= 4 is 15.9 Å². The van der Waals surface area contributed by atoms with Crippen molar-refractivity contribution in [2.75, 3.05) is 14.1 Å². The zero-order chi connectivity index (χ0) is 15.2. The monoisotopic (exact) mass is 348 g/mol. The van der Waals surface area contributed by atoms with Crippen molar-refractivity contribution in [2.24, 2.45) is 0 Å². The lowest BCUT2D eigenvalue weighted by Crippen LogP contribution is -2.17. The van der Waals surface area contributed by atoms with E-state index in [1.165, 1.54) is 11.1 Å². The maximum Gasteiger partial charge on any atom is 0.129 e. The highest BCUT2D eigenvalue weighted by Gasteiger charge is 2.04. The summed E-state index contributed by atoms with van der Waals surface area (Å²) in [6.07, 6.45) is 0. The largest absolute Gasteiger partial charge is 0.507 e. The summed E-state index contributed by atoms with van der Waals surface area (Å²) < 4.78 is 0.731. The molecule has 0 aliphatic rings. The molecule has 0 spiro atoms. The van der Waals surface area contributed by atoms with Crippen LogP contribution in [0.3, 0.4) is 0 Å². The number of nitrogens with zero attached hydrogens (tertiary/aromatic N) is 1. The molecule has 0 bridgehead atoms. The fourth-order valence-electron chi connectivity index (χ4n) is 2.23. The topological polar surface area (TPSA) is 35.5 Å². The molecule has 0 fully saturated rings. The van der Waals surface area contributed by atoms with Gasteiger partial charge in [-0.2, -0.15) is 0 Å². The molecule has 0 aliphatic carbocycles. The first-order valence-corrected chi connectivity index (χ1v) is 7.75. The van der Waals surface area contributed by atoms with Crippen molar-refractivity contribution in [2.45, 2.75) is 19.6 Å². The summed E-state index contributed by atoms with van der Waals surface area (Å²) in [5, 5.41) is 13.0. The van der Waals surface area contributed by atoms with Crippen molar-refractivity contribution in [3.05, 3.63) is 63.6 Å². The molecule has 0 radical (unpaired) electrons. The van der Waals surface area contributed by atoms with Crippen LogP contribution in [0.4, 0.5) is 0 Å². The summed E-state index contributed by atoms with van der Waals surface area (Å²) in [4.78, 5) is 2.18. The van der Waals surface area contributed by atoms with Crippen LogP contribution in [0.2, 0.25) is 0 Å². The van der Waals surface area contributed by atoms with Gasteiger partial charge in [-0.05, 0) is 58.8 Å². The molecule has 0 aliphatic heterocycles. The zero-order valence-electron chi connectivity index (χ0n) is 12.4. The first-order chi connectivity index (χ1) is 10.1. The van der Waals surface area contributed by atoms with Crippen LogP contribution < -0.4 is 5.32 Å². The van der Waals surface area contributed by atoms with Gasteiger partial charge in [0.15, 0.2) is 0 Å². The standard InChI is InChI=1S/C17H21BrN2O/c1-20(2)12-15-6-4-3-5-14(15)11-19-10-13-7-8-17(21)16(18)9-13/h3-9,19,21H,10-12H2,1-2H3. The number of benzene rings is 2. The lowest BCUT2D eigenvalue weighted by atomic mass is 10.1. The Balaban J connectivity index is 1.95. The van der Waals surface area contributed by atoms with Crippen molar-refractivity contribution in [3.8, 4) is 5.75 Å². The lowest BCUT2D eigenvalue weighted by molar-refractivity contribution is 0.400. The number of phenols is 1. The van der Waals surface area contributed by atoms with Crippen LogP contribution in [0.1, 0.15) is 16.7 Å². The Morgan fingerprint density at radius 3 is 2.43 bits per heavy atom. The average molecular weight is 349 g/mol. The van der Waals surface area contributed by atoms with Gasteiger partial charge in [-0.3, -0.25) is 0 Å². The summed E-state index contributed by atoms with van der Waals surface area (Å²) >= 11 is 3.34. The lowest BCUT2D eigenvalue weighted by Gasteiger charge is -2.14. The van der Waals surface area contributed by atoms with E-state index in [9.17, 15) is 5.11 Å². The van der Waals surface area contributed by atoms with Gasteiger partial charge >= 0.3 is 0 Å². The third-order valence-corrected chi connectivity index (χ3v) is 3.90. The molecular weight excluding hydrogens is 328 g/mol. The second-order valence-corrected chi connectivity index (χ2v) is 6.25. The minimum atomic E-state index is 0.273. The van der Waals surface area contributed by atoms with Crippen molar-refractivity contribution < 1.29 is 5.11 Å². The summed E-state index contributed by atoms with van der Waals surface area (Å²) in [6.45, 7) is 2.56. The minimum Gasteiger partial charge on any atom is -0.507 e. The van der Waals surface area contributed by atoms with E-state index in [2.05, 4.69) is 64.5 Å². The fraction of sp³-hybridized carbons (Fsp3) is 0.294. The van der Waals surface area contributed by atoms with Crippen LogP contribution >= 0.6 is 15.9 Å². The van der Waals surface area contributed by atoms with Crippen molar-refractivity contribution in [1.29, 1.82) is 0 Å². The molecule has 2 rings (SSSR count). The second kappa shape index (κ2) is 7.59. The van der Waals surface area contributed by atoms with Crippen molar-refractivity contribution in [1.82, 2.24) is 10.2 Å². The van der Waals surface area contributed by atoms with E-state index in [1.54, 1.807) is 6.07 Å². The molecule has 0 saturated carbocycles. The smallest absolute Gasteiger partial charge is 0.129 e. The fourth-order valence-corrected chi connectivity index (χ4v) is 2.65. The Morgan fingerprint density at radius 1 is 1.05 bits per heavy atom. The van der Waals surface area contributed by atoms with Gasteiger partial charge in [-0.1, -0.05) is 30.3 Å². The van der Waals surface area contributed by atoms with Gasteiger partial charge in [0.1, 0.15) is 5.75 Å². The van der Waals surface area contributed by atoms with Crippen LogP contribution in [0.5, 0.6) is 5.75 Å². The Morgan fingerprint density at radius 2 is 1.76 bits per heavy atom. The highest BCUT2D eigenvalue weighted by molar-refractivity contribution is 9.10. The van der Waals surface area contributed by atoms with E-state index in [0.29, 0.717) is 0 Å². The number of hydrogen-bond donors (Lipinski definition) is 2. The van der Waals surface area contributed by atoms with E-state index in [1.807, 2.05) is 12.1 Å². The van der Waals surface area contributed by atoms with E-state index < -0.39 is 0 Å². The average Bonchev–Trinajstić information content (AvgIpc) is 2.44. The molecule has 2 N–H and O–H groups in total. The van der Waals surface area contributed by atoms with Crippen LogP contribution in [0.25, 0.3) is 0 Å². The molecule has 2 aromatic carbocycles. The summed E-state index contributed by atoms with van der Waals surface area (Å²) in [5.41, 5.74) is 3.82. The molecule has 3 nitrogen and oxygen atoms in total. The molecule has 4 heteroatoms. The van der Waals surface area contributed by atoms with Crippen molar-refractivity contribution in [3.63, 3.8) is 0 Å². The van der Waals surface area contributed by atoms with E-state index in [0.717, 1.165) is 29.7 Å². The van der Waals surface area contributed by atoms with Gasteiger partial charge < -0.3 is 15.3 Å². The molecule has 2 aromatic rings. The maximum absolute atomic E-state index is 9.50. The zero-order valence-corrected chi connectivity index (χ0v) is 14.0. The second-order valence-electron chi connectivity index (χ2n) is 5.40. The molecule has 0 atom stereocenters. The summed E-state index contributed by atoms with van der Waals surface area (Å²) in [7, 11) is 4.16. The van der Waals surface area contributed by atoms with Gasteiger partial charge in [-0.15, -0.1) is 0 Å². The Bertz CT molecular complexity index is 599. The number of nitrogens with one attached hydrogen (secondary N) is 1. The van der Waals surface area contributed by atoms with E-state index >= 15 is 0 Å². The van der Waals surface area contributed by atoms with Crippen LogP contribution in [0, 0.1) is 0 Å². The Kier molecular flexibility index (Phi) is 5.79. The van der Waals surface area contributed by atoms with Gasteiger partial charge in [0.05, 0.1) is 4.47 Å². The first-order valence-electron chi connectivity index (χ1n) is 6.96. The van der Waals surface area contributed by atoms with Crippen LogP contribution in [-0.4, -0.2) is 24.1 Å². The minimum absolute atomic E-state index is 0.273. The summed E-state index contributed by atoms with van der Waals surface area (Å²) in [5.74, 6) is 0.273. The quantitative estimate of drug-likeness (QED) is 0.838.